The quantitative estimate of drug-likeness (QED) is 0.330. The molecule has 170 valence electrons. The monoisotopic (exact) mass is 460 g/mol. The molecule has 1 N–H and O–H groups in total. The molecule has 3 heterocycles. The Morgan fingerprint density at radius 3 is 2.47 bits per heavy atom. The molecule has 0 saturated heterocycles. The molecule has 3 amide bonds. The molecule has 0 aliphatic carbocycles. The van der Waals surface area contributed by atoms with Gasteiger partial charge in [-0.1, -0.05) is 24.3 Å². The van der Waals surface area contributed by atoms with E-state index in [0.717, 1.165) is 4.90 Å². The number of aromatic nitrogens is 4. The normalized spacial score (nSPS) is 12.8. The lowest BCUT2D eigenvalue weighted by Crippen LogP contribution is -2.41. The van der Waals surface area contributed by atoms with E-state index in [1.807, 2.05) is 0 Å². The minimum absolute atomic E-state index is 0.0871. The first-order valence-corrected chi connectivity index (χ1v) is 10.3. The molecule has 2 aromatic heterocycles. The Morgan fingerprint density at radius 2 is 1.74 bits per heavy atom. The second kappa shape index (κ2) is 8.70. The zero-order valence-electron chi connectivity index (χ0n) is 17.6. The number of nitrogens with zero attached hydrogens (tertiary/aromatic N) is 5. The van der Waals surface area contributed by atoms with Crippen molar-refractivity contribution in [1.29, 1.82) is 0 Å². The van der Waals surface area contributed by atoms with Crippen molar-refractivity contribution < 1.29 is 23.5 Å². The largest absolute Gasteiger partial charge is 0.475 e. The summed E-state index contributed by atoms with van der Waals surface area (Å²) in [6, 6.07) is 15.6. The smallest absolute Gasteiger partial charge is 0.262 e. The van der Waals surface area contributed by atoms with Crippen molar-refractivity contribution in [3.05, 3.63) is 77.6 Å². The number of hydrogen-bond donors (Lipinski definition) is 1. The summed E-state index contributed by atoms with van der Waals surface area (Å²) >= 11 is 0. The highest BCUT2D eigenvalue weighted by atomic mass is 19.1. The molecular weight excluding hydrogens is 443 g/mol. The first-order valence-electron chi connectivity index (χ1n) is 10.3. The standard InChI is InChI=1S/C23H17FN6O4/c24-15-5-3-4-14(12-15)21-27-26-18-8-9-20(28-30(18)21)34-11-10-25-19(31)13-29-22(32)16-6-1-2-7-17(16)23(29)33/h1-9,12H,10-11,13H2,(H,25,31). The van der Waals surface area contributed by atoms with Gasteiger partial charge in [-0.25, -0.2) is 4.39 Å². The van der Waals surface area contributed by atoms with Gasteiger partial charge in [0.1, 0.15) is 19.0 Å². The summed E-state index contributed by atoms with van der Waals surface area (Å²) in [5.41, 5.74) is 1.55. The van der Waals surface area contributed by atoms with Crippen LogP contribution < -0.4 is 10.1 Å². The van der Waals surface area contributed by atoms with Crippen molar-refractivity contribution in [2.24, 2.45) is 0 Å². The number of amides is 3. The lowest BCUT2D eigenvalue weighted by atomic mass is 10.1. The summed E-state index contributed by atoms with van der Waals surface area (Å²) in [4.78, 5) is 37.9. The topological polar surface area (TPSA) is 119 Å². The van der Waals surface area contributed by atoms with Crippen LogP contribution in [0.5, 0.6) is 5.88 Å². The number of nitrogens with one attached hydrogen (secondary N) is 1. The van der Waals surface area contributed by atoms with Crippen molar-refractivity contribution >= 4 is 23.4 Å². The molecule has 0 spiro atoms. The van der Waals surface area contributed by atoms with Crippen LogP contribution >= 0.6 is 0 Å². The Balaban J connectivity index is 1.17. The maximum atomic E-state index is 13.6. The number of ether oxygens (including phenoxy) is 1. The van der Waals surface area contributed by atoms with E-state index in [0.29, 0.717) is 17.0 Å². The molecule has 0 unspecified atom stereocenters. The summed E-state index contributed by atoms with van der Waals surface area (Å²) < 4.78 is 20.6. The van der Waals surface area contributed by atoms with E-state index in [2.05, 4.69) is 20.6 Å². The van der Waals surface area contributed by atoms with Crippen LogP contribution in [0.4, 0.5) is 4.39 Å². The maximum absolute atomic E-state index is 13.6. The molecule has 1 aliphatic heterocycles. The Kier molecular flexibility index (Phi) is 5.42. The van der Waals surface area contributed by atoms with Crippen LogP contribution in [0.3, 0.4) is 0 Å². The Labute approximate surface area is 192 Å². The predicted molar refractivity (Wildman–Crippen MR) is 116 cm³/mol. The summed E-state index contributed by atoms with van der Waals surface area (Å²) in [5, 5.41) is 15.0. The van der Waals surface area contributed by atoms with Gasteiger partial charge in [0, 0.05) is 11.6 Å². The molecule has 5 rings (SSSR count). The highest BCUT2D eigenvalue weighted by Gasteiger charge is 2.36. The van der Waals surface area contributed by atoms with E-state index in [-0.39, 0.29) is 36.7 Å². The minimum Gasteiger partial charge on any atom is -0.475 e. The van der Waals surface area contributed by atoms with Gasteiger partial charge < -0.3 is 10.1 Å². The number of fused-ring (bicyclic) bond motifs is 2. The van der Waals surface area contributed by atoms with Crippen LogP contribution in [0.25, 0.3) is 17.0 Å². The first kappa shape index (κ1) is 21.2. The van der Waals surface area contributed by atoms with Crippen molar-refractivity contribution in [2.45, 2.75) is 0 Å². The second-order valence-corrected chi connectivity index (χ2v) is 7.42. The number of carbonyl (C=O) groups is 3. The molecule has 0 fully saturated rings. The molecule has 2 aromatic carbocycles. The number of rotatable bonds is 7. The average Bonchev–Trinajstić information content (AvgIpc) is 3.37. The second-order valence-electron chi connectivity index (χ2n) is 7.42. The van der Waals surface area contributed by atoms with E-state index < -0.39 is 23.5 Å². The molecule has 0 atom stereocenters. The number of hydrogen-bond acceptors (Lipinski definition) is 7. The maximum Gasteiger partial charge on any atom is 0.262 e. The van der Waals surface area contributed by atoms with Gasteiger partial charge in [-0.05, 0) is 30.3 Å². The molecule has 1 aliphatic rings. The van der Waals surface area contributed by atoms with Crippen molar-refractivity contribution in [3.8, 4) is 17.3 Å². The summed E-state index contributed by atoms with van der Waals surface area (Å²) in [6.45, 7) is -0.168. The zero-order valence-corrected chi connectivity index (χ0v) is 17.6. The highest BCUT2D eigenvalue weighted by Crippen LogP contribution is 2.22. The first-order chi connectivity index (χ1) is 16.5. The lowest BCUT2D eigenvalue weighted by molar-refractivity contribution is -0.121. The number of imide groups is 1. The zero-order chi connectivity index (χ0) is 23.7. The van der Waals surface area contributed by atoms with Crippen LogP contribution in [0.15, 0.2) is 60.7 Å². The fourth-order valence-electron chi connectivity index (χ4n) is 3.58. The Morgan fingerprint density at radius 1 is 0.971 bits per heavy atom. The molecule has 0 radical (unpaired) electrons. The summed E-state index contributed by atoms with van der Waals surface area (Å²) in [7, 11) is 0. The molecule has 10 nitrogen and oxygen atoms in total. The van der Waals surface area contributed by atoms with E-state index >= 15 is 0 Å². The van der Waals surface area contributed by atoms with Gasteiger partial charge in [0.2, 0.25) is 11.8 Å². The van der Waals surface area contributed by atoms with E-state index in [1.54, 1.807) is 48.5 Å². The third-order valence-electron chi connectivity index (χ3n) is 5.18. The van der Waals surface area contributed by atoms with Gasteiger partial charge >= 0.3 is 0 Å². The Hall–Kier alpha value is -4.67. The molecular formula is C23H17FN6O4. The highest BCUT2D eigenvalue weighted by molar-refractivity contribution is 6.22. The molecule has 0 saturated carbocycles. The molecule has 34 heavy (non-hydrogen) atoms. The number of halogens is 1. The van der Waals surface area contributed by atoms with E-state index in [4.69, 9.17) is 4.74 Å². The van der Waals surface area contributed by atoms with Gasteiger partial charge in [-0.15, -0.1) is 15.3 Å². The lowest BCUT2D eigenvalue weighted by Gasteiger charge is -2.13. The fraction of sp³-hybridized carbons (Fsp3) is 0.130. The molecule has 11 heteroatoms. The van der Waals surface area contributed by atoms with Crippen molar-refractivity contribution in [1.82, 2.24) is 30.0 Å². The Bertz CT molecular complexity index is 1400. The van der Waals surface area contributed by atoms with Crippen LogP contribution in [-0.4, -0.2) is 62.1 Å². The van der Waals surface area contributed by atoms with Gasteiger partial charge in [-0.3, -0.25) is 19.3 Å². The molecule has 0 bridgehead atoms. The SMILES string of the molecule is O=C(CN1C(=O)c2ccccc2C1=O)NCCOc1ccc2nnc(-c3cccc(F)c3)n2n1. The third-order valence-corrected chi connectivity index (χ3v) is 5.18. The fourth-order valence-corrected chi connectivity index (χ4v) is 3.58. The van der Waals surface area contributed by atoms with E-state index in [9.17, 15) is 18.8 Å². The van der Waals surface area contributed by atoms with Crippen LogP contribution in [0.2, 0.25) is 0 Å². The summed E-state index contributed by atoms with van der Waals surface area (Å²) in [6.07, 6.45) is 0. The predicted octanol–water partition coefficient (Wildman–Crippen LogP) is 1.72. The molecule has 4 aromatic rings. The number of benzene rings is 2. The van der Waals surface area contributed by atoms with Crippen molar-refractivity contribution in [3.63, 3.8) is 0 Å². The number of carbonyl (C=O) groups excluding carboxylic acids is 3. The van der Waals surface area contributed by atoms with Gasteiger partial charge in [0.05, 0.1) is 17.7 Å². The van der Waals surface area contributed by atoms with Crippen LogP contribution in [-0.2, 0) is 4.79 Å². The third kappa shape index (κ3) is 3.94. The summed E-state index contributed by atoms with van der Waals surface area (Å²) in [5.74, 6) is -1.28. The van der Waals surface area contributed by atoms with Crippen LogP contribution in [0.1, 0.15) is 20.7 Å². The van der Waals surface area contributed by atoms with Crippen LogP contribution in [0, 0.1) is 5.82 Å². The van der Waals surface area contributed by atoms with Crippen molar-refractivity contribution in [2.75, 3.05) is 19.7 Å². The van der Waals surface area contributed by atoms with Gasteiger partial charge in [-0.2, -0.15) is 4.52 Å². The minimum atomic E-state index is -0.493. The average molecular weight is 460 g/mol. The van der Waals surface area contributed by atoms with Gasteiger partial charge in [0.15, 0.2) is 11.5 Å². The van der Waals surface area contributed by atoms with E-state index in [1.165, 1.54) is 16.6 Å². The van der Waals surface area contributed by atoms with Gasteiger partial charge in [0.25, 0.3) is 11.8 Å².